The number of carbonyl (C=O) groups excluding carboxylic acids is 1. The van der Waals surface area contributed by atoms with Gasteiger partial charge in [0, 0.05) is 4.91 Å². The summed E-state index contributed by atoms with van der Waals surface area (Å²) < 4.78 is 4.75. The Hall–Kier alpha value is -2.00. The Labute approximate surface area is 116 Å². The summed E-state index contributed by atoms with van der Waals surface area (Å²) in [6.45, 7) is 0. The molecule has 0 unspecified atom stereocenters. The number of benzene rings is 1. The molecule has 0 atom stereocenters. The SMILES string of the molecule is COC(=O)c1ccc2c(c1)C=CC1=CC=CSC1=C2. The molecule has 0 amide bonds. The summed E-state index contributed by atoms with van der Waals surface area (Å²) in [6.07, 6.45) is 10.4. The average molecular weight is 268 g/mol. The lowest BCUT2D eigenvalue weighted by Gasteiger charge is -2.07. The minimum absolute atomic E-state index is 0.305. The van der Waals surface area contributed by atoms with E-state index in [0.29, 0.717) is 5.56 Å². The number of hydrogen-bond donors (Lipinski definition) is 0. The summed E-state index contributed by atoms with van der Waals surface area (Å²) >= 11 is 1.71. The maximum Gasteiger partial charge on any atom is 0.337 e. The molecule has 0 saturated carbocycles. The van der Waals surface area contributed by atoms with Crippen LogP contribution >= 0.6 is 11.8 Å². The van der Waals surface area contributed by atoms with Crippen LogP contribution in [0.2, 0.25) is 0 Å². The Kier molecular flexibility index (Phi) is 3.13. The molecule has 3 rings (SSSR count). The predicted octanol–water partition coefficient (Wildman–Crippen LogP) is 4.03. The summed E-state index contributed by atoms with van der Waals surface area (Å²) in [5, 5.41) is 2.07. The van der Waals surface area contributed by atoms with Gasteiger partial charge in [-0.25, -0.2) is 4.79 Å². The van der Waals surface area contributed by atoms with Gasteiger partial charge in [0.2, 0.25) is 0 Å². The third kappa shape index (κ3) is 2.29. The van der Waals surface area contributed by atoms with Crippen LogP contribution in [0, 0.1) is 0 Å². The molecule has 0 saturated heterocycles. The second kappa shape index (κ2) is 4.94. The van der Waals surface area contributed by atoms with Crippen molar-refractivity contribution in [2.45, 2.75) is 0 Å². The van der Waals surface area contributed by atoms with Crippen molar-refractivity contribution in [3.8, 4) is 0 Å². The smallest absolute Gasteiger partial charge is 0.337 e. The van der Waals surface area contributed by atoms with Gasteiger partial charge in [-0.3, -0.25) is 0 Å². The Bertz CT molecular complexity index is 663. The van der Waals surface area contributed by atoms with Gasteiger partial charge in [-0.15, -0.1) is 0 Å². The summed E-state index contributed by atoms with van der Waals surface area (Å²) in [4.78, 5) is 12.8. The third-order valence-corrected chi connectivity index (χ3v) is 3.97. The van der Waals surface area contributed by atoms with Crippen LogP contribution in [0.15, 0.2) is 52.3 Å². The highest BCUT2D eigenvalue weighted by Gasteiger charge is 2.12. The van der Waals surface area contributed by atoms with E-state index in [4.69, 9.17) is 4.74 Å². The van der Waals surface area contributed by atoms with Crippen molar-refractivity contribution >= 4 is 29.9 Å². The Balaban J connectivity index is 2.08. The lowest BCUT2D eigenvalue weighted by atomic mass is 10.0. The van der Waals surface area contributed by atoms with Crippen LogP contribution in [0.1, 0.15) is 21.5 Å². The number of hydrogen-bond acceptors (Lipinski definition) is 3. The summed E-state index contributed by atoms with van der Waals surface area (Å²) in [6, 6.07) is 5.62. The van der Waals surface area contributed by atoms with Gasteiger partial charge >= 0.3 is 5.97 Å². The van der Waals surface area contributed by atoms with Crippen LogP contribution in [0.25, 0.3) is 12.2 Å². The number of carbonyl (C=O) groups is 1. The van der Waals surface area contributed by atoms with Crippen LogP contribution < -0.4 is 0 Å². The molecule has 0 fully saturated rings. The molecule has 0 N–H and O–H groups in total. The first kappa shape index (κ1) is 12.1. The van der Waals surface area contributed by atoms with Crippen LogP contribution in [-0.4, -0.2) is 13.1 Å². The molecule has 2 nitrogen and oxygen atoms in total. The van der Waals surface area contributed by atoms with E-state index in [1.165, 1.54) is 17.6 Å². The number of methoxy groups -OCH3 is 1. The van der Waals surface area contributed by atoms with Crippen molar-refractivity contribution in [2.75, 3.05) is 7.11 Å². The molecule has 19 heavy (non-hydrogen) atoms. The van der Waals surface area contributed by atoms with Crippen LogP contribution in [0.4, 0.5) is 0 Å². The molecule has 0 spiro atoms. The van der Waals surface area contributed by atoms with Gasteiger partial charge in [-0.1, -0.05) is 42.1 Å². The maximum absolute atomic E-state index is 11.5. The zero-order chi connectivity index (χ0) is 13.2. The van der Waals surface area contributed by atoms with E-state index in [-0.39, 0.29) is 5.97 Å². The van der Waals surface area contributed by atoms with E-state index < -0.39 is 0 Å². The van der Waals surface area contributed by atoms with Gasteiger partial charge in [0.05, 0.1) is 12.7 Å². The molecule has 0 aromatic heterocycles. The number of rotatable bonds is 1. The summed E-state index contributed by atoms with van der Waals surface area (Å²) in [5.74, 6) is -0.305. The molecular weight excluding hydrogens is 256 g/mol. The lowest BCUT2D eigenvalue weighted by Crippen LogP contribution is -2.01. The highest BCUT2D eigenvalue weighted by atomic mass is 32.2. The van der Waals surface area contributed by atoms with Gasteiger partial charge in [0.25, 0.3) is 0 Å². The minimum atomic E-state index is -0.305. The van der Waals surface area contributed by atoms with Gasteiger partial charge in [0.15, 0.2) is 0 Å². The summed E-state index contributed by atoms with van der Waals surface area (Å²) in [7, 11) is 1.40. The third-order valence-electron chi connectivity index (χ3n) is 3.07. The van der Waals surface area contributed by atoms with Gasteiger partial charge in [0.1, 0.15) is 0 Å². The van der Waals surface area contributed by atoms with Gasteiger partial charge < -0.3 is 4.74 Å². The molecule has 1 aliphatic heterocycles. The number of fused-ring (bicyclic) bond motifs is 2. The second-order valence-electron chi connectivity index (χ2n) is 4.25. The number of esters is 1. The van der Waals surface area contributed by atoms with Gasteiger partial charge in [-0.05, 0) is 40.3 Å². The molecule has 2 aliphatic rings. The van der Waals surface area contributed by atoms with Gasteiger partial charge in [-0.2, -0.15) is 0 Å². The van der Waals surface area contributed by atoms with Crippen molar-refractivity contribution in [2.24, 2.45) is 0 Å². The fourth-order valence-corrected chi connectivity index (χ4v) is 2.85. The minimum Gasteiger partial charge on any atom is -0.465 e. The number of ether oxygens (including phenoxy) is 1. The lowest BCUT2D eigenvalue weighted by molar-refractivity contribution is 0.0600. The zero-order valence-electron chi connectivity index (χ0n) is 10.4. The number of thioether (sulfide) groups is 1. The maximum atomic E-state index is 11.5. The highest BCUT2D eigenvalue weighted by Crippen LogP contribution is 2.35. The normalized spacial score (nSPS) is 15.8. The summed E-state index contributed by atoms with van der Waals surface area (Å²) in [5.41, 5.74) is 3.92. The topological polar surface area (TPSA) is 26.3 Å². The van der Waals surface area contributed by atoms with Crippen molar-refractivity contribution < 1.29 is 9.53 Å². The molecule has 1 heterocycles. The van der Waals surface area contributed by atoms with Crippen LogP contribution in [0.3, 0.4) is 0 Å². The van der Waals surface area contributed by atoms with E-state index in [1.807, 2.05) is 24.3 Å². The quantitative estimate of drug-likeness (QED) is 0.719. The predicted molar refractivity (Wildman–Crippen MR) is 79.6 cm³/mol. The Morgan fingerprint density at radius 2 is 2.11 bits per heavy atom. The van der Waals surface area contributed by atoms with E-state index in [1.54, 1.807) is 17.8 Å². The molecule has 0 radical (unpaired) electrons. The Morgan fingerprint density at radius 3 is 2.95 bits per heavy atom. The van der Waals surface area contributed by atoms with Crippen LogP contribution in [-0.2, 0) is 4.74 Å². The molecule has 94 valence electrons. The van der Waals surface area contributed by atoms with E-state index in [2.05, 4.69) is 23.6 Å². The average Bonchev–Trinajstić information content (AvgIpc) is 2.64. The highest BCUT2D eigenvalue weighted by molar-refractivity contribution is 8.06. The molecular formula is C16H12O2S. The van der Waals surface area contributed by atoms with E-state index >= 15 is 0 Å². The first-order valence-corrected chi connectivity index (χ1v) is 6.82. The zero-order valence-corrected chi connectivity index (χ0v) is 11.2. The molecule has 1 aliphatic carbocycles. The first-order valence-electron chi connectivity index (χ1n) is 5.94. The molecule has 1 aromatic carbocycles. The molecule has 1 aromatic rings. The monoisotopic (exact) mass is 268 g/mol. The second-order valence-corrected chi connectivity index (χ2v) is 5.19. The first-order chi connectivity index (χ1) is 9.28. The fraction of sp³-hybridized carbons (Fsp3) is 0.0625. The Morgan fingerprint density at radius 1 is 1.21 bits per heavy atom. The van der Waals surface area contributed by atoms with E-state index in [9.17, 15) is 4.79 Å². The molecule has 3 heteroatoms. The van der Waals surface area contributed by atoms with Crippen LogP contribution in [0.5, 0.6) is 0 Å². The fourth-order valence-electron chi connectivity index (χ4n) is 2.08. The largest absolute Gasteiger partial charge is 0.465 e. The van der Waals surface area contributed by atoms with Crippen molar-refractivity contribution in [1.29, 1.82) is 0 Å². The van der Waals surface area contributed by atoms with Crippen molar-refractivity contribution in [3.63, 3.8) is 0 Å². The van der Waals surface area contributed by atoms with Crippen molar-refractivity contribution in [1.82, 2.24) is 0 Å². The van der Waals surface area contributed by atoms with Crippen molar-refractivity contribution in [3.05, 3.63) is 69.0 Å². The molecule has 0 bridgehead atoms. The van der Waals surface area contributed by atoms with E-state index in [0.717, 1.165) is 11.1 Å². The standard InChI is InChI=1S/C16H12O2S/c1-18-16(17)14-7-6-13-10-15-11(3-2-8-19-15)4-5-12(13)9-14/h2-10H,1H3. The number of allylic oxidation sites excluding steroid dienone is 4.